The third-order valence-electron chi connectivity index (χ3n) is 7.26. The smallest absolute Gasteiger partial charge is 0.266 e. The first-order valence-electron chi connectivity index (χ1n) is 14.5. The zero-order valence-corrected chi connectivity index (χ0v) is 24.2. The van der Waals surface area contributed by atoms with Gasteiger partial charge in [0.15, 0.2) is 0 Å². The lowest BCUT2D eigenvalue weighted by Gasteiger charge is -2.32. The number of hydrogen-bond acceptors (Lipinski definition) is 5. The highest BCUT2D eigenvalue weighted by Gasteiger charge is 2.28. The molecule has 212 valence electrons. The molecular formula is C32H45N3O4. The van der Waals surface area contributed by atoms with Gasteiger partial charge >= 0.3 is 0 Å². The Morgan fingerprint density at radius 2 is 1.62 bits per heavy atom. The van der Waals surface area contributed by atoms with Gasteiger partial charge in [0.05, 0.1) is 29.7 Å². The van der Waals surface area contributed by atoms with Gasteiger partial charge in [0.1, 0.15) is 11.6 Å². The molecule has 0 saturated heterocycles. The number of hydrogen-bond donors (Lipinski definition) is 0. The summed E-state index contributed by atoms with van der Waals surface area (Å²) in [6, 6.07) is 14.5. The topological polar surface area (TPSA) is 73.7 Å². The highest BCUT2D eigenvalue weighted by Crippen LogP contribution is 2.28. The number of carbonyl (C=O) groups excluding carboxylic acids is 1. The van der Waals surface area contributed by atoms with E-state index in [1.807, 2.05) is 47.4 Å². The molecule has 0 spiro atoms. The third kappa shape index (κ3) is 8.15. The van der Waals surface area contributed by atoms with Crippen LogP contribution < -0.4 is 10.3 Å². The summed E-state index contributed by atoms with van der Waals surface area (Å²) in [5.41, 5.74) is 1.19. The van der Waals surface area contributed by atoms with Gasteiger partial charge in [0, 0.05) is 26.7 Å². The molecule has 1 aromatic heterocycles. The van der Waals surface area contributed by atoms with Gasteiger partial charge in [-0.3, -0.25) is 14.2 Å². The maximum absolute atomic E-state index is 13.9. The fraction of sp³-hybridized carbons (Fsp3) is 0.531. The molecule has 0 aliphatic heterocycles. The first-order valence-corrected chi connectivity index (χ1v) is 14.5. The third-order valence-corrected chi connectivity index (χ3v) is 7.26. The molecule has 2 aromatic carbocycles. The molecule has 0 aliphatic carbocycles. The summed E-state index contributed by atoms with van der Waals surface area (Å²) >= 11 is 0. The number of methoxy groups -OCH3 is 2. The number of ether oxygens (including phenoxy) is 2. The lowest BCUT2D eigenvalue weighted by atomic mass is 10.1. The molecule has 0 N–H and O–H groups in total. The SMILES string of the molecule is CCCCCCCCCC(=O)N(CCCOC)C(CC)c1nc2ccccc2c(=O)n1-c1ccc(OC)cc1. The second kappa shape index (κ2) is 16.0. The van der Waals surface area contributed by atoms with Crippen molar-refractivity contribution in [1.82, 2.24) is 14.5 Å². The highest BCUT2D eigenvalue weighted by atomic mass is 16.5. The van der Waals surface area contributed by atoms with E-state index in [2.05, 4.69) is 13.8 Å². The minimum absolute atomic E-state index is 0.107. The number of aromatic nitrogens is 2. The van der Waals surface area contributed by atoms with Gasteiger partial charge in [-0.25, -0.2) is 4.98 Å². The summed E-state index contributed by atoms with van der Waals surface area (Å²) in [6.45, 7) is 5.38. The van der Waals surface area contributed by atoms with Crippen molar-refractivity contribution < 1.29 is 14.3 Å². The summed E-state index contributed by atoms with van der Waals surface area (Å²) in [5, 5.41) is 0.548. The summed E-state index contributed by atoms with van der Waals surface area (Å²) in [7, 11) is 3.29. The molecule has 1 unspecified atom stereocenters. The van der Waals surface area contributed by atoms with Crippen LogP contribution in [0.2, 0.25) is 0 Å². The largest absolute Gasteiger partial charge is 0.497 e. The first kappa shape index (κ1) is 30.4. The Morgan fingerprint density at radius 1 is 0.923 bits per heavy atom. The van der Waals surface area contributed by atoms with E-state index in [1.54, 1.807) is 24.9 Å². The van der Waals surface area contributed by atoms with Crippen molar-refractivity contribution in [3.8, 4) is 11.4 Å². The van der Waals surface area contributed by atoms with Gasteiger partial charge < -0.3 is 14.4 Å². The predicted octanol–water partition coefficient (Wildman–Crippen LogP) is 6.85. The summed E-state index contributed by atoms with van der Waals surface area (Å²) < 4.78 is 12.3. The van der Waals surface area contributed by atoms with Crippen molar-refractivity contribution in [3.05, 3.63) is 64.7 Å². The zero-order chi connectivity index (χ0) is 28.0. The lowest BCUT2D eigenvalue weighted by molar-refractivity contribution is -0.134. The van der Waals surface area contributed by atoms with E-state index < -0.39 is 0 Å². The van der Waals surface area contributed by atoms with Crippen molar-refractivity contribution in [1.29, 1.82) is 0 Å². The Morgan fingerprint density at radius 3 is 2.28 bits per heavy atom. The molecule has 0 fully saturated rings. The second-order valence-corrected chi connectivity index (χ2v) is 10.1. The number of carbonyl (C=O) groups is 1. The van der Waals surface area contributed by atoms with Crippen LogP contribution in [0.5, 0.6) is 5.75 Å². The Labute approximate surface area is 233 Å². The molecule has 0 aliphatic rings. The zero-order valence-electron chi connectivity index (χ0n) is 24.2. The number of nitrogens with zero attached hydrogens (tertiary/aromatic N) is 3. The fourth-order valence-electron chi connectivity index (χ4n) is 5.11. The molecule has 0 radical (unpaired) electrons. The quantitative estimate of drug-likeness (QED) is 0.177. The second-order valence-electron chi connectivity index (χ2n) is 10.1. The highest BCUT2D eigenvalue weighted by molar-refractivity contribution is 5.79. The number of amides is 1. The Balaban J connectivity index is 1.98. The van der Waals surface area contributed by atoms with Gasteiger partial charge in [-0.2, -0.15) is 0 Å². The van der Waals surface area contributed by atoms with Crippen molar-refractivity contribution in [2.45, 2.75) is 84.1 Å². The predicted molar refractivity (Wildman–Crippen MR) is 158 cm³/mol. The maximum Gasteiger partial charge on any atom is 0.266 e. The average Bonchev–Trinajstić information content (AvgIpc) is 2.96. The molecular weight excluding hydrogens is 490 g/mol. The normalized spacial score (nSPS) is 12.0. The summed E-state index contributed by atoms with van der Waals surface area (Å²) in [6.07, 6.45) is 9.95. The number of fused-ring (bicyclic) bond motifs is 1. The first-order chi connectivity index (χ1) is 19.0. The van der Waals surface area contributed by atoms with E-state index >= 15 is 0 Å². The molecule has 1 atom stereocenters. The fourth-order valence-corrected chi connectivity index (χ4v) is 5.11. The van der Waals surface area contributed by atoms with Crippen LogP contribution in [-0.4, -0.2) is 47.7 Å². The number of para-hydroxylation sites is 1. The van der Waals surface area contributed by atoms with Gasteiger partial charge in [-0.05, 0) is 55.7 Å². The van der Waals surface area contributed by atoms with Crippen LogP contribution in [0.15, 0.2) is 53.3 Å². The van der Waals surface area contributed by atoms with Gasteiger partial charge in [0.25, 0.3) is 5.56 Å². The lowest BCUT2D eigenvalue weighted by Crippen LogP contribution is -2.39. The van der Waals surface area contributed by atoms with Gasteiger partial charge in [-0.1, -0.05) is 64.5 Å². The number of unbranched alkanes of at least 4 members (excludes halogenated alkanes) is 6. The van der Waals surface area contributed by atoms with Crippen molar-refractivity contribution in [2.24, 2.45) is 0 Å². The molecule has 7 nitrogen and oxygen atoms in total. The van der Waals surface area contributed by atoms with Crippen LogP contribution in [-0.2, 0) is 9.53 Å². The molecule has 1 amide bonds. The number of rotatable bonds is 17. The minimum Gasteiger partial charge on any atom is -0.497 e. The monoisotopic (exact) mass is 535 g/mol. The number of benzene rings is 2. The van der Waals surface area contributed by atoms with Crippen molar-refractivity contribution in [2.75, 3.05) is 27.4 Å². The van der Waals surface area contributed by atoms with E-state index in [-0.39, 0.29) is 17.5 Å². The Bertz CT molecular complexity index is 1220. The van der Waals surface area contributed by atoms with E-state index in [1.165, 1.54) is 25.7 Å². The Kier molecular flexibility index (Phi) is 12.5. The van der Waals surface area contributed by atoms with E-state index in [0.29, 0.717) is 54.2 Å². The summed E-state index contributed by atoms with van der Waals surface area (Å²) in [5.74, 6) is 1.40. The Hall–Kier alpha value is -3.19. The van der Waals surface area contributed by atoms with Crippen LogP contribution in [0.25, 0.3) is 16.6 Å². The van der Waals surface area contributed by atoms with Gasteiger partial charge in [-0.15, -0.1) is 0 Å². The van der Waals surface area contributed by atoms with Crippen LogP contribution in [0.3, 0.4) is 0 Å². The molecule has 1 heterocycles. The maximum atomic E-state index is 13.9. The van der Waals surface area contributed by atoms with E-state index in [0.717, 1.165) is 25.7 Å². The van der Waals surface area contributed by atoms with Crippen LogP contribution in [0.4, 0.5) is 0 Å². The standard InChI is InChI=1S/C32H45N3O4/c1-5-7-8-9-10-11-12-18-30(36)34(23-15-24-38-3)29(6-2)31-33-28-17-14-13-16-27(28)32(37)35(31)25-19-21-26(39-4)22-20-25/h13-14,16-17,19-22,29H,5-12,15,18,23-24H2,1-4H3. The average molecular weight is 536 g/mol. The molecule has 7 heteroatoms. The van der Waals surface area contributed by atoms with Crippen LogP contribution in [0.1, 0.15) is 89.9 Å². The summed E-state index contributed by atoms with van der Waals surface area (Å²) in [4.78, 5) is 34.5. The van der Waals surface area contributed by atoms with Gasteiger partial charge in [0.2, 0.25) is 5.91 Å². The molecule has 3 rings (SSSR count). The minimum atomic E-state index is -0.349. The molecule has 0 bridgehead atoms. The van der Waals surface area contributed by atoms with Crippen molar-refractivity contribution in [3.63, 3.8) is 0 Å². The van der Waals surface area contributed by atoms with Crippen LogP contribution >= 0.6 is 0 Å². The molecule has 0 saturated carbocycles. The van der Waals surface area contributed by atoms with E-state index in [9.17, 15) is 9.59 Å². The van der Waals surface area contributed by atoms with Crippen LogP contribution in [0, 0.1) is 0 Å². The molecule has 39 heavy (non-hydrogen) atoms. The molecule has 3 aromatic rings. The van der Waals surface area contributed by atoms with Crippen molar-refractivity contribution >= 4 is 16.8 Å². The van der Waals surface area contributed by atoms with E-state index in [4.69, 9.17) is 14.5 Å².